The van der Waals surface area contributed by atoms with Crippen molar-refractivity contribution in [3.63, 3.8) is 0 Å². The lowest BCUT2D eigenvalue weighted by atomic mass is 9.66. The van der Waals surface area contributed by atoms with Crippen molar-refractivity contribution in [3.05, 3.63) is 29.8 Å². The molecular weight excluding hydrogens is 302 g/mol. The molecule has 0 aromatic heterocycles. The molecule has 1 aromatic rings. The highest BCUT2D eigenvalue weighted by Gasteiger charge is 2.48. The van der Waals surface area contributed by atoms with E-state index in [1.807, 2.05) is 24.3 Å². The Kier molecular flexibility index (Phi) is 4.86. The fourth-order valence-corrected chi connectivity index (χ4v) is 4.36. The van der Waals surface area contributed by atoms with E-state index in [0.717, 1.165) is 30.6 Å². The topological polar surface area (TPSA) is 58.6 Å². The van der Waals surface area contributed by atoms with E-state index in [9.17, 15) is 9.90 Å². The number of rotatable bonds is 3. The Hall–Kier alpha value is -1.55. The molecule has 2 N–H and O–H groups in total. The van der Waals surface area contributed by atoms with Gasteiger partial charge in [0.15, 0.2) is 0 Å². The summed E-state index contributed by atoms with van der Waals surface area (Å²) in [6.45, 7) is 6.77. The molecule has 1 amide bonds. The highest BCUT2D eigenvalue weighted by Crippen LogP contribution is 2.41. The summed E-state index contributed by atoms with van der Waals surface area (Å²) >= 11 is 0. The van der Waals surface area contributed by atoms with Gasteiger partial charge in [0.2, 0.25) is 0 Å². The summed E-state index contributed by atoms with van der Waals surface area (Å²) in [5.74, 6) is 1.36. The van der Waals surface area contributed by atoms with Crippen LogP contribution in [-0.2, 0) is 11.2 Å². The molecule has 4 atom stereocenters. The van der Waals surface area contributed by atoms with Gasteiger partial charge in [0.05, 0.1) is 6.04 Å². The molecular formula is C20H29NO3. The Morgan fingerprint density at radius 2 is 2.08 bits per heavy atom. The molecule has 24 heavy (non-hydrogen) atoms. The number of para-hydroxylation sites is 1. The lowest BCUT2D eigenvalue weighted by Crippen LogP contribution is -2.59. The molecule has 0 radical (unpaired) electrons. The molecule has 0 spiro atoms. The fraction of sp³-hybridized carbons (Fsp3) is 0.650. The van der Waals surface area contributed by atoms with Crippen LogP contribution in [0.25, 0.3) is 0 Å². The average molecular weight is 331 g/mol. The van der Waals surface area contributed by atoms with Gasteiger partial charge < -0.3 is 15.2 Å². The molecule has 132 valence electrons. The Bertz CT molecular complexity index is 600. The maximum absolute atomic E-state index is 12.9. The number of carbonyl (C=O) groups is 1. The van der Waals surface area contributed by atoms with Gasteiger partial charge >= 0.3 is 0 Å². The molecule has 4 heteroatoms. The fourth-order valence-electron chi connectivity index (χ4n) is 4.36. The molecule has 1 fully saturated rings. The second-order valence-electron chi connectivity index (χ2n) is 7.95. The van der Waals surface area contributed by atoms with Crippen molar-refractivity contribution in [3.8, 4) is 5.75 Å². The number of hydrogen-bond acceptors (Lipinski definition) is 3. The quantitative estimate of drug-likeness (QED) is 0.895. The summed E-state index contributed by atoms with van der Waals surface area (Å²) in [5.41, 5.74) is -0.151. The van der Waals surface area contributed by atoms with Gasteiger partial charge in [-0.15, -0.1) is 0 Å². The lowest BCUT2D eigenvalue weighted by Gasteiger charge is -2.44. The molecule has 2 aliphatic rings. The summed E-state index contributed by atoms with van der Waals surface area (Å²) < 4.78 is 5.76. The van der Waals surface area contributed by atoms with Crippen LogP contribution in [0, 0.1) is 17.8 Å². The predicted octanol–water partition coefficient (Wildman–Crippen LogP) is 2.93. The molecule has 3 unspecified atom stereocenters. The summed E-state index contributed by atoms with van der Waals surface area (Å²) in [7, 11) is 0. The highest BCUT2D eigenvalue weighted by atomic mass is 16.5. The van der Waals surface area contributed by atoms with Crippen LogP contribution in [0.4, 0.5) is 0 Å². The van der Waals surface area contributed by atoms with E-state index < -0.39 is 5.60 Å². The van der Waals surface area contributed by atoms with Crippen LogP contribution in [0.15, 0.2) is 24.3 Å². The second kappa shape index (κ2) is 6.75. The van der Waals surface area contributed by atoms with E-state index in [-0.39, 0.29) is 23.8 Å². The maximum atomic E-state index is 12.9. The summed E-state index contributed by atoms with van der Waals surface area (Å²) in [4.78, 5) is 12.9. The van der Waals surface area contributed by atoms with Gasteiger partial charge in [-0.05, 0) is 48.6 Å². The first-order chi connectivity index (χ1) is 11.4. The van der Waals surface area contributed by atoms with E-state index >= 15 is 0 Å². The Labute approximate surface area is 144 Å². The summed E-state index contributed by atoms with van der Waals surface area (Å²) in [6, 6.07) is 7.84. The zero-order valence-electron chi connectivity index (χ0n) is 14.9. The van der Waals surface area contributed by atoms with E-state index in [0.29, 0.717) is 18.9 Å². The van der Waals surface area contributed by atoms with Gasteiger partial charge in [-0.3, -0.25) is 4.79 Å². The summed E-state index contributed by atoms with van der Waals surface area (Å²) in [5, 5.41) is 14.3. The van der Waals surface area contributed by atoms with Crippen LogP contribution in [0.2, 0.25) is 0 Å². The summed E-state index contributed by atoms with van der Waals surface area (Å²) in [6.07, 6.45) is 3.29. The minimum atomic E-state index is -1.26. The maximum Gasteiger partial charge on any atom is 0.252 e. The third-order valence-corrected chi connectivity index (χ3v) is 5.66. The zero-order chi connectivity index (χ0) is 17.3. The third kappa shape index (κ3) is 3.30. The van der Waals surface area contributed by atoms with Crippen molar-refractivity contribution < 1.29 is 14.6 Å². The van der Waals surface area contributed by atoms with Crippen LogP contribution in [0.3, 0.4) is 0 Å². The smallest absolute Gasteiger partial charge is 0.252 e. The highest BCUT2D eigenvalue weighted by molar-refractivity contribution is 5.85. The Morgan fingerprint density at radius 1 is 1.33 bits per heavy atom. The van der Waals surface area contributed by atoms with Crippen LogP contribution < -0.4 is 10.1 Å². The lowest BCUT2D eigenvalue weighted by molar-refractivity contribution is -0.156. The van der Waals surface area contributed by atoms with E-state index in [1.165, 1.54) is 0 Å². The van der Waals surface area contributed by atoms with Gasteiger partial charge in [0.25, 0.3) is 5.91 Å². The minimum absolute atomic E-state index is 0.0190. The average Bonchev–Trinajstić information content (AvgIpc) is 2.54. The third-order valence-electron chi connectivity index (χ3n) is 5.66. The number of nitrogens with one attached hydrogen (secondary N) is 1. The molecule has 0 bridgehead atoms. The molecule has 1 aliphatic carbocycles. The first-order valence-electron chi connectivity index (χ1n) is 9.14. The van der Waals surface area contributed by atoms with Gasteiger partial charge in [0.1, 0.15) is 18.0 Å². The van der Waals surface area contributed by atoms with E-state index in [1.54, 1.807) is 0 Å². The van der Waals surface area contributed by atoms with Crippen molar-refractivity contribution in [2.24, 2.45) is 17.8 Å². The molecule has 1 aromatic carbocycles. The van der Waals surface area contributed by atoms with E-state index in [2.05, 4.69) is 26.1 Å². The number of amides is 1. The van der Waals surface area contributed by atoms with Crippen molar-refractivity contribution in [2.45, 2.75) is 58.1 Å². The van der Waals surface area contributed by atoms with Crippen LogP contribution in [0.5, 0.6) is 5.75 Å². The van der Waals surface area contributed by atoms with Crippen molar-refractivity contribution in [1.29, 1.82) is 0 Å². The van der Waals surface area contributed by atoms with Crippen LogP contribution in [0.1, 0.15) is 45.6 Å². The van der Waals surface area contributed by atoms with Gasteiger partial charge in [-0.2, -0.15) is 0 Å². The first kappa shape index (κ1) is 17.3. The largest absolute Gasteiger partial charge is 0.491 e. The Morgan fingerprint density at radius 3 is 2.83 bits per heavy atom. The molecule has 1 saturated carbocycles. The Balaban J connectivity index is 1.71. The number of carbonyl (C=O) groups excluding carboxylic acids is 1. The number of benzene rings is 1. The first-order valence-corrected chi connectivity index (χ1v) is 9.14. The normalized spacial score (nSPS) is 32.8. The van der Waals surface area contributed by atoms with Crippen molar-refractivity contribution in [2.75, 3.05) is 6.61 Å². The monoisotopic (exact) mass is 331 g/mol. The predicted molar refractivity (Wildman–Crippen MR) is 93.9 cm³/mol. The SMILES string of the molecule is CC1CCC(C(C)C)C(O)(C(=O)N[C@@H]2COc3ccccc3C2)C1. The van der Waals surface area contributed by atoms with Gasteiger partial charge in [0, 0.05) is 0 Å². The zero-order valence-corrected chi connectivity index (χ0v) is 14.9. The molecule has 3 rings (SSSR count). The van der Waals surface area contributed by atoms with Gasteiger partial charge in [-0.25, -0.2) is 0 Å². The molecule has 0 saturated heterocycles. The number of fused-ring (bicyclic) bond motifs is 1. The van der Waals surface area contributed by atoms with E-state index in [4.69, 9.17) is 4.74 Å². The van der Waals surface area contributed by atoms with Crippen molar-refractivity contribution >= 4 is 5.91 Å². The molecule has 1 heterocycles. The number of hydrogen-bond donors (Lipinski definition) is 2. The van der Waals surface area contributed by atoms with Crippen LogP contribution >= 0.6 is 0 Å². The molecule has 4 nitrogen and oxygen atoms in total. The number of ether oxygens (including phenoxy) is 1. The van der Waals surface area contributed by atoms with Crippen molar-refractivity contribution in [1.82, 2.24) is 5.32 Å². The van der Waals surface area contributed by atoms with Crippen LogP contribution in [-0.4, -0.2) is 29.3 Å². The standard InChI is InChI=1S/C20H29NO3/c1-13(2)17-9-8-14(3)11-20(17,23)19(22)21-16-10-15-6-4-5-7-18(15)24-12-16/h4-7,13-14,16-17,23H,8-12H2,1-3H3,(H,21,22)/t14?,16-,17?,20?/m0/s1. The second-order valence-corrected chi connectivity index (χ2v) is 7.95. The minimum Gasteiger partial charge on any atom is -0.491 e. The number of aliphatic hydroxyl groups is 1. The van der Waals surface area contributed by atoms with Gasteiger partial charge in [-0.1, -0.05) is 45.4 Å². The molecule has 1 aliphatic heterocycles.